The first kappa shape index (κ1) is 23.0. The predicted molar refractivity (Wildman–Crippen MR) is 148 cm³/mol. The number of hydrogen-bond donors (Lipinski definition) is 1. The van der Waals surface area contributed by atoms with Crippen LogP contribution in [0.25, 0.3) is 21.8 Å². The number of para-hydroxylation sites is 1. The van der Waals surface area contributed by atoms with Crippen LogP contribution in [0.5, 0.6) is 0 Å². The van der Waals surface area contributed by atoms with E-state index in [0.717, 1.165) is 52.4 Å². The van der Waals surface area contributed by atoms with Crippen LogP contribution in [0.15, 0.2) is 64.7 Å². The quantitative estimate of drug-likeness (QED) is 0.433. The Bertz CT molecular complexity index is 1790. The van der Waals surface area contributed by atoms with Crippen LogP contribution in [0.2, 0.25) is 0 Å². The van der Waals surface area contributed by atoms with Gasteiger partial charge in [-0.3, -0.25) is 19.3 Å². The van der Waals surface area contributed by atoms with Gasteiger partial charge in [0.1, 0.15) is 0 Å². The van der Waals surface area contributed by atoms with Crippen LogP contribution in [0.3, 0.4) is 0 Å². The standard InChI is InChI=1S/C31H30N4O3/c1-17(2)10-12-33-15-22-26(21-14-20-7-4-6-19-11-13-34(29(19)20)30(21)37)28-24(16-35(18(3)36)31(28)38)32-23-8-5-9-25(33)27(22)23/h4-9,14-15,17,26,32H,10-13,16H2,1-3H3/t26-/m1/s1. The number of anilines is 1. The topological polar surface area (TPSA) is 76.3 Å². The van der Waals surface area contributed by atoms with Gasteiger partial charge in [0.25, 0.3) is 11.5 Å². The fourth-order valence-electron chi connectivity index (χ4n) is 6.58. The van der Waals surface area contributed by atoms with Crippen molar-refractivity contribution in [2.24, 2.45) is 5.92 Å². The van der Waals surface area contributed by atoms with E-state index in [9.17, 15) is 14.4 Å². The molecule has 0 aliphatic carbocycles. The minimum absolute atomic E-state index is 0.0594. The van der Waals surface area contributed by atoms with Gasteiger partial charge < -0.3 is 14.5 Å². The maximum Gasteiger partial charge on any atom is 0.259 e. The van der Waals surface area contributed by atoms with E-state index in [1.54, 1.807) is 0 Å². The Morgan fingerprint density at radius 1 is 1.11 bits per heavy atom. The Balaban J connectivity index is 1.53. The van der Waals surface area contributed by atoms with Crippen molar-refractivity contribution in [3.8, 4) is 0 Å². The number of aromatic nitrogens is 2. The molecule has 0 fully saturated rings. The number of carbonyl (C=O) groups excluding carboxylic acids is 2. The summed E-state index contributed by atoms with van der Waals surface area (Å²) >= 11 is 0. The number of benzene rings is 2. The summed E-state index contributed by atoms with van der Waals surface area (Å²) in [5, 5.41) is 5.56. The monoisotopic (exact) mass is 506 g/mol. The molecule has 0 unspecified atom stereocenters. The third-order valence-electron chi connectivity index (χ3n) is 8.40. The first-order chi connectivity index (χ1) is 18.3. The van der Waals surface area contributed by atoms with Crippen molar-refractivity contribution < 1.29 is 9.59 Å². The molecule has 38 heavy (non-hydrogen) atoms. The summed E-state index contributed by atoms with van der Waals surface area (Å²) in [7, 11) is 0. The Morgan fingerprint density at radius 2 is 1.92 bits per heavy atom. The number of aryl methyl sites for hydroxylation is 3. The second-order valence-corrected chi connectivity index (χ2v) is 11.2. The van der Waals surface area contributed by atoms with Crippen molar-refractivity contribution in [3.63, 3.8) is 0 Å². The maximum absolute atomic E-state index is 14.1. The fraction of sp³-hybridized carbons (Fsp3) is 0.323. The number of nitrogens with zero attached hydrogens (tertiary/aromatic N) is 3. The molecular weight excluding hydrogens is 476 g/mol. The third kappa shape index (κ3) is 3.17. The number of carbonyl (C=O) groups is 2. The zero-order valence-electron chi connectivity index (χ0n) is 21.9. The Morgan fingerprint density at radius 3 is 2.71 bits per heavy atom. The van der Waals surface area contributed by atoms with E-state index in [1.807, 2.05) is 34.9 Å². The van der Waals surface area contributed by atoms with Gasteiger partial charge in [0.15, 0.2) is 0 Å². The van der Waals surface area contributed by atoms with E-state index in [-0.39, 0.29) is 23.9 Å². The highest BCUT2D eigenvalue weighted by Gasteiger charge is 2.43. The molecule has 3 aliphatic rings. The number of pyridine rings is 1. The molecule has 0 radical (unpaired) electrons. The average Bonchev–Trinajstić information content (AvgIpc) is 3.55. The minimum Gasteiger partial charge on any atom is -0.356 e. The second kappa shape index (κ2) is 8.18. The highest BCUT2D eigenvalue weighted by molar-refractivity contribution is 6.11. The van der Waals surface area contributed by atoms with Gasteiger partial charge in [0, 0.05) is 54.5 Å². The van der Waals surface area contributed by atoms with E-state index >= 15 is 0 Å². The van der Waals surface area contributed by atoms with Gasteiger partial charge in [-0.2, -0.15) is 0 Å². The number of hydrogen-bond acceptors (Lipinski definition) is 4. The minimum atomic E-state index is -0.578. The molecule has 4 aromatic rings. The molecule has 0 spiro atoms. The molecule has 1 atom stereocenters. The first-order valence-electron chi connectivity index (χ1n) is 13.4. The summed E-state index contributed by atoms with van der Waals surface area (Å²) < 4.78 is 4.13. The summed E-state index contributed by atoms with van der Waals surface area (Å²) in [4.78, 5) is 41.7. The molecule has 0 saturated carbocycles. The normalized spacial score (nSPS) is 18.1. The molecule has 3 aliphatic heterocycles. The summed E-state index contributed by atoms with van der Waals surface area (Å²) in [6.45, 7) is 7.50. The molecule has 7 rings (SSSR count). The number of imide groups is 1. The zero-order chi connectivity index (χ0) is 26.3. The van der Waals surface area contributed by atoms with E-state index in [4.69, 9.17) is 0 Å². The predicted octanol–water partition coefficient (Wildman–Crippen LogP) is 4.76. The number of amides is 2. The second-order valence-electron chi connectivity index (χ2n) is 11.2. The van der Waals surface area contributed by atoms with E-state index in [1.165, 1.54) is 17.4 Å². The molecule has 2 amide bonds. The molecule has 0 saturated heterocycles. The van der Waals surface area contributed by atoms with E-state index < -0.39 is 5.92 Å². The summed E-state index contributed by atoms with van der Waals surface area (Å²) in [5.41, 5.74) is 6.82. The van der Waals surface area contributed by atoms with Crippen LogP contribution >= 0.6 is 0 Å². The Labute approximate surface area is 220 Å². The summed E-state index contributed by atoms with van der Waals surface area (Å²) in [6.07, 6.45) is 3.97. The van der Waals surface area contributed by atoms with Crippen molar-refractivity contribution >= 4 is 39.3 Å². The van der Waals surface area contributed by atoms with Gasteiger partial charge in [0.05, 0.1) is 23.2 Å². The van der Waals surface area contributed by atoms with E-state index in [2.05, 4.69) is 42.1 Å². The zero-order valence-corrected chi connectivity index (χ0v) is 21.9. The molecule has 2 aromatic carbocycles. The highest BCUT2D eigenvalue weighted by Crippen LogP contribution is 2.46. The fourth-order valence-corrected chi connectivity index (χ4v) is 6.58. The number of nitrogens with one attached hydrogen (secondary N) is 1. The van der Waals surface area contributed by atoms with Gasteiger partial charge in [-0.25, -0.2) is 0 Å². The molecule has 1 N–H and O–H groups in total. The molecule has 0 bridgehead atoms. The third-order valence-corrected chi connectivity index (χ3v) is 8.40. The molecule has 5 heterocycles. The van der Waals surface area contributed by atoms with Crippen LogP contribution < -0.4 is 10.9 Å². The molecular formula is C31H30N4O3. The van der Waals surface area contributed by atoms with Gasteiger partial charge in [-0.1, -0.05) is 38.1 Å². The van der Waals surface area contributed by atoms with Crippen molar-refractivity contribution in [2.75, 3.05) is 11.9 Å². The molecule has 192 valence electrons. The van der Waals surface area contributed by atoms with Crippen LogP contribution in [0, 0.1) is 5.92 Å². The SMILES string of the molecule is CC(=O)N1CC2=C(C1=O)[C@H](c1cc3cccc4c3n(c1=O)CC4)c1cn(CCC(C)C)c3cccc(c13)N2. The highest BCUT2D eigenvalue weighted by atomic mass is 16.2. The van der Waals surface area contributed by atoms with Crippen LogP contribution in [0.4, 0.5) is 5.69 Å². The van der Waals surface area contributed by atoms with Crippen LogP contribution in [-0.4, -0.2) is 32.4 Å². The van der Waals surface area contributed by atoms with Crippen LogP contribution in [-0.2, 0) is 29.1 Å². The Kier molecular flexibility index (Phi) is 4.96. The van der Waals surface area contributed by atoms with Crippen molar-refractivity contribution in [1.29, 1.82) is 0 Å². The Hall–Kier alpha value is -4.13. The van der Waals surface area contributed by atoms with Gasteiger partial charge >= 0.3 is 0 Å². The van der Waals surface area contributed by atoms with Gasteiger partial charge in [-0.05, 0) is 53.5 Å². The largest absolute Gasteiger partial charge is 0.356 e. The van der Waals surface area contributed by atoms with Gasteiger partial charge in [0.2, 0.25) is 5.91 Å². The smallest absolute Gasteiger partial charge is 0.259 e. The van der Waals surface area contributed by atoms with Crippen LogP contribution in [0.1, 0.15) is 49.8 Å². The van der Waals surface area contributed by atoms with Crippen molar-refractivity contribution in [2.45, 2.75) is 52.6 Å². The lowest BCUT2D eigenvalue weighted by molar-refractivity contribution is -0.139. The lowest BCUT2D eigenvalue weighted by Gasteiger charge is -2.20. The summed E-state index contributed by atoms with van der Waals surface area (Å²) in [5.74, 6) is -0.657. The maximum atomic E-state index is 14.1. The lowest BCUT2D eigenvalue weighted by atomic mass is 9.84. The van der Waals surface area contributed by atoms with Crippen molar-refractivity contribution in [3.05, 3.63) is 87.0 Å². The van der Waals surface area contributed by atoms with Crippen molar-refractivity contribution in [1.82, 2.24) is 14.0 Å². The average molecular weight is 507 g/mol. The molecule has 7 nitrogen and oxygen atoms in total. The first-order valence-corrected chi connectivity index (χ1v) is 13.4. The van der Waals surface area contributed by atoms with E-state index in [0.29, 0.717) is 29.3 Å². The number of rotatable bonds is 4. The lowest BCUT2D eigenvalue weighted by Crippen LogP contribution is -2.34. The summed E-state index contributed by atoms with van der Waals surface area (Å²) in [6, 6.07) is 14.3. The van der Waals surface area contributed by atoms with Gasteiger partial charge in [-0.15, -0.1) is 0 Å². The molecule has 7 heteroatoms. The molecule has 2 aromatic heterocycles.